The molecule has 0 saturated carbocycles. The van der Waals surface area contributed by atoms with Crippen LogP contribution in [0.1, 0.15) is 25.0 Å². The molecule has 0 spiro atoms. The first-order chi connectivity index (χ1) is 16.0. The third kappa shape index (κ3) is 7.19. The van der Waals surface area contributed by atoms with Gasteiger partial charge in [0.1, 0.15) is 5.75 Å². The Labute approximate surface area is 194 Å². The van der Waals surface area contributed by atoms with Crippen molar-refractivity contribution in [1.29, 1.82) is 0 Å². The predicted molar refractivity (Wildman–Crippen MR) is 127 cm³/mol. The molecule has 0 aliphatic carbocycles. The predicted octanol–water partition coefficient (Wildman–Crippen LogP) is 4.47. The van der Waals surface area contributed by atoms with Gasteiger partial charge < -0.3 is 19.9 Å². The third-order valence-corrected chi connectivity index (χ3v) is 5.17. The van der Waals surface area contributed by atoms with Crippen LogP contribution in [0, 0.1) is 0 Å². The van der Waals surface area contributed by atoms with Crippen LogP contribution in [0.2, 0.25) is 0 Å². The normalized spacial score (nSPS) is 12.5. The first kappa shape index (κ1) is 24.0. The van der Waals surface area contributed by atoms with Gasteiger partial charge in [-0.1, -0.05) is 60.7 Å². The number of hydrogen-bond donors (Lipinski definition) is 2. The summed E-state index contributed by atoms with van der Waals surface area (Å²) < 4.78 is 11.0. The van der Waals surface area contributed by atoms with Crippen molar-refractivity contribution in [1.82, 2.24) is 5.32 Å². The minimum absolute atomic E-state index is 0.216. The van der Waals surface area contributed by atoms with Gasteiger partial charge in [-0.2, -0.15) is 0 Å². The molecule has 0 heterocycles. The lowest BCUT2D eigenvalue weighted by molar-refractivity contribution is -0.150. The van der Waals surface area contributed by atoms with Gasteiger partial charge in [0.25, 0.3) is 5.91 Å². The Morgan fingerprint density at radius 1 is 0.909 bits per heavy atom. The van der Waals surface area contributed by atoms with E-state index in [4.69, 9.17) is 9.47 Å². The van der Waals surface area contributed by atoms with Gasteiger partial charge in [0, 0.05) is 19.6 Å². The average molecular weight is 448 g/mol. The van der Waals surface area contributed by atoms with E-state index in [0.717, 1.165) is 22.3 Å². The summed E-state index contributed by atoms with van der Waals surface area (Å²) in [6, 6.07) is 25.2. The van der Waals surface area contributed by atoms with Gasteiger partial charge in [0.05, 0.1) is 0 Å². The maximum Gasteiger partial charge on any atom is 0.333 e. The minimum atomic E-state index is -0.989. The minimum Gasteiger partial charge on any atom is -0.481 e. The zero-order chi connectivity index (χ0) is 23.6. The van der Waals surface area contributed by atoms with Crippen molar-refractivity contribution >= 4 is 11.9 Å². The largest absolute Gasteiger partial charge is 0.481 e. The van der Waals surface area contributed by atoms with Crippen LogP contribution in [0.4, 0.5) is 0 Å². The Bertz CT molecular complexity index is 1050. The summed E-state index contributed by atoms with van der Waals surface area (Å²) >= 11 is 0. The molecule has 2 atom stereocenters. The summed E-state index contributed by atoms with van der Waals surface area (Å²) in [5.74, 6) is -0.668. The maximum atomic E-state index is 12.5. The van der Waals surface area contributed by atoms with Crippen molar-refractivity contribution in [3.8, 4) is 16.9 Å². The van der Waals surface area contributed by atoms with E-state index < -0.39 is 18.2 Å². The quantitative estimate of drug-likeness (QED) is 0.453. The monoisotopic (exact) mass is 447 g/mol. The maximum absolute atomic E-state index is 12.5. The van der Waals surface area contributed by atoms with Gasteiger partial charge in [-0.25, -0.2) is 4.79 Å². The highest BCUT2D eigenvalue weighted by atomic mass is 16.5. The van der Waals surface area contributed by atoms with Crippen LogP contribution in [0.25, 0.3) is 11.1 Å². The molecule has 6 heteroatoms. The molecule has 172 valence electrons. The van der Waals surface area contributed by atoms with Crippen molar-refractivity contribution in [2.75, 3.05) is 6.61 Å². The molecule has 0 radical (unpaired) electrons. The summed E-state index contributed by atoms with van der Waals surface area (Å²) in [6.07, 6.45) is -1.29. The Morgan fingerprint density at radius 2 is 1.61 bits per heavy atom. The Hall–Kier alpha value is -3.64. The standard InChI is InChI=1S/C27H29NO5/c1-3-32-25(27(30)31)17-20-12-14-24(15-13-20)33-19(2)26(29)28-18-21-8-7-11-23(16-21)22-9-5-4-6-10-22/h4-16,19,25H,3,17-18H2,1-2H3,(H,28,29)(H,30,31)/t19-,25+/m1/s1. The number of ether oxygens (including phenoxy) is 2. The van der Waals surface area contributed by atoms with E-state index in [1.165, 1.54) is 0 Å². The number of carbonyl (C=O) groups is 2. The SMILES string of the molecule is CCO[C@@H](Cc1ccc(O[C@H](C)C(=O)NCc2cccc(-c3ccccc3)c2)cc1)C(=O)O. The van der Waals surface area contributed by atoms with Crippen molar-refractivity contribution in [2.24, 2.45) is 0 Å². The van der Waals surface area contributed by atoms with Crippen LogP contribution in [0.5, 0.6) is 5.75 Å². The van der Waals surface area contributed by atoms with E-state index in [9.17, 15) is 14.7 Å². The molecule has 3 aromatic rings. The number of aliphatic carboxylic acids is 1. The molecule has 0 aliphatic rings. The van der Waals surface area contributed by atoms with Crippen LogP contribution >= 0.6 is 0 Å². The van der Waals surface area contributed by atoms with Crippen LogP contribution in [-0.4, -0.2) is 35.8 Å². The van der Waals surface area contributed by atoms with E-state index in [2.05, 4.69) is 23.5 Å². The van der Waals surface area contributed by atoms with Crippen LogP contribution in [-0.2, 0) is 27.3 Å². The van der Waals surface area contributed by atoms with Gasteiger partial charge in [0.15, 0.2) is 12.2 Å². The Kier molecular flexibility index (Phi) is 8.61. The zero-order valence-corrected chi connectivity index (χ0v) is 18.9. The van der Waals surface area contributed by atoms with Crippen molar-refractivity contribution in [2.45, 2.75) is 39.0 Å². The van der Waals surface area contributed by atoms with E-state index >= 15 is 0 Å². The van der Waals surface area contributed by atoms with Crippen molar-refractivity contribution < 1.29 is 24.2 Å². The molecule has 1 amide bonds. The average Bonchev–Trinajstić information content (AvgIpc) is 2.84. The second-order valence-electron chi connectivity index (χ2n) is 7.67. The number of benzene rings is 3. The van der Waals surface area contributed by atoms with Crippen molar-refractivity contribution in [3.63, 3.8) is 0 Å². The highest BCUT2D eigenvalue weighted by molar-refractivity contribution is 5.80. The fraction of sp³-hybridized carbons (Fsp3) is 0.259. The highest BCUT2D eigenvalue weighted by Crippen LogP contribution is 2.20. The molecule has 33 heavy (non-hydrogen) atoms. The van der Waals surface area contributed by atoms with Crippen LogP contribution in [0.3, 0.4) is 0 Å². The van der Waals surface area contributed by atoms with E-state index in [1.807, 2.05) is 36.4 Å². The Balaban J connectivity index is 1.52. The van der Waals surface area contributed by atoms with Gasteiger partial charge in [-0.05, 0) is 54.3 Å². The molecular weight excluding hydrogens is 418 g/mol. The summed E-state index contributed by atoms with van der Waals surface area (Å²) in [5.41, 5.74) is 4.05. The lowest BCUT2D eigenvalue weighted by atomic mass is 10.0. The number of nitrogens with one attached hydrogen (secondary N) is 1. The number of rotatable bonds is 11. The molecule has 0 fully saturated rings. The number of carbonyl (C=O) groups excluding carboxylic acids is 1. The lowest BCUT2D eigenvalue weighted by Gasteiger charge is -2.16. The zero-order valence-electron chi connectivity index (χ0n) is 18.9. The summed E-state index contributed by atoms with van der Waals surface area (Å²) in [5, 5.41) is 12.1. The highest BCUT2D eigenvalue weighted by Gasteiger charge is 2.18. The topological polar surface area (TPSA) is 84.9 Å². The first-order valence-electron chi connectivity index (χ1n) is 11.0. The summed E-state index contributed by atoms with van der Waals surface area (Å²) in [7, 11) is 0. The number of carboxylic acids is 1. The van der Waals surface area contributed by atoms with E-state index in [-0.39, 0.29) is 12.3 Å². The number of amides is 1. The van der Waals surface area contributed by atoms with E-state index in [1.54, 1.807) is 38.1 Å². The second kappa shape index (κ2) is 11.8. The molecule has 0 aliphatic heterocycles. The number of hydrogen-bond acceptors (Lipinski definition) is 4. The third-order valence-electron chi connectivity index (χ3n) is 5.17. The molecule has 0 bridgehead atoms. The lowest BCUT2D eigenvalue weighted by Crippen LogP contribution is -2.35. The van der Waals surface area contributed by atoms with Gasteiger partial charge in [-0.3, -0.25) is 4.79 Å². The molecule has 0 aromatic heterocycles. The molecule has 0 unspecified atom stereocenters. The fourth-order valence-electron chi connectivity index (χ4n) is 3.42. The van der Waals surface area contributed by atoms with Crippen molar-refractivity contribution in [3.05, 3.63) is 90.0 Å². The Morgan fingerprint density at radius 3 is 2.27 bits per heavy atom. The van der Waals surface area contributed by atoms with Gasteiger partial charge in [-0.15, -0.1) is 0 Å². The fourth-order valence-corrected chi connectivity index (χ4v) is 3.42. The van der Waals surface area contributed by atoms with Gasteiger partial charge in [0.2, 0.25) is 0 Å². The smallest absolute Gasteiger partial charge is 0.333 e. The van der Waals surface area contributed by atoms with Crippen LogP contribution < -0.4 is 10.1 Å². The molecule has 0 saturated heterocycles. The first-order valence-corrected chi connectivity index (χ1v) is 11.0. The molecule has 3 rings (SSSR count). The summed E-state index contributed by atoms with van der Waals surface area (Å²) in [4.78, 5) is 23.8. The summed E-state index contributed by atoms with van der Waals surface area (Å²) in [6.45, 7) is 4.19. The second-order valence-corrected chi connectivity index (χ2v) is 7.67. The van der Waals surface area contributed by atoms with Gasteiger partial charge >= 0.3 is 5.97 Å². The molecule has 2 N–H and O–H groups in total. The molecule has 3 aromatic carbocycles. The molecular formula is C27H29NO5. The van der Waals surface area contributed by atoms with Crippen LogP contribution in [0.15, 0.2) is 78.9 Å². The molecule has 6 nitrogen and oxygen atoms in total. The number of carboxylic acid groups (broad SMARTS) is 1. The van der Waals surface area contributed by atoms with E-state index in [0.29, 0.717) is 18.9 Å².